The van der Waals surface area contributed by atoms with Crippen molar-refractivity contribution >= 4 is 10.0 Å². The van der Waals surface area contributed by atoms with Gasteiger partial charge in [0.25, 0.3) is 0 Å². The topological polar surface area (TPSA) is 63.2 Å². The van der Waals surface area contributed by atoms with Gasteiger partial charge in [-0.1, -0.05) is 12.1 Å². The van der Waals surface area contributed by atoms with Gasteiger partial charge in [-0.25, -0.2) is 22.8 Å². The summed E-state index contributed by atoms with van der Waals surface area (Å²) in [5, 5.41) is 0. The molecule has 0 spiro atoms. The Hall–Kier alpha value is -1.86. The maximum absolute atomic E-state index is 13.8. The van der Waals surface area contributed by atoms with Gasteiger partial charge in [0.15, 0.2) is 0 Å². The van der Waals surface area contributed by atoms with Crippen LogP contribution in [0, 0.1) is 5.82 Å². The van der Waals surface area contributed by atoms with Crippen molar-refractivity contribution < 1.29 is 12.8 Å². The fourth-order valence-corrected chi connectivity index (χ4v) is 4.34. The van der Waals surface area contributed by atoms with E-state index in [2.05, 4.69) is 9.97 Å². The molecule has 2 aromatic rings. The first-order valence-corrected chi connectivity index (χ1v) is 8.07. The maximum atomic E-state index is 13.8. The largest absolute Gasteiger partial charge is 0.246 e. The van der Waals surface area contributed by atoms with Crippen LogP contribution in [0.1, 0.15) is 24.6 Å². The van der Waals surface area contributed by atoms with Crippen LogP contribution in [0.5, 0.6) is 0 Å². The molecule has 110 valence electrons. The first-order valence-electron chi connectivity index (χ1n) is 6.63. The number of nitrogens with zero attached hydrogens (tertiary/aromatic N) is 3. The molecular weight excluding hydrogens is 293 g/mol. The Bertz CT molecular complexity index is 737. The maximum Gasteiger partial charge on any atom is 0.246 e. The van der Waals surface area contributed by atoms with E-state index in [1.54, 1.807) is 12.3 Å². The fraction of sp³-hybridized carbons (Fsp3) is 0.286. The molecule has 1 aromatic heterocycles. The normalized spacial score (nSPS) is 19.8. The zero-order valence-corrected chi connectivity index (χ0v) is 12.0. The van der Waals surface area contributed by atoms with E-state index in [1.165, 1.54) is 28.8 Å². The molecule has 0 aliphatic carbocycles. The quantitative estimate of drug-likeness (QED) is 0.871. The van der Waals surface area contributed by atoms with Gasteiger partial charge in [-0.2, -0.15) is 4.31 Å². The standard InChI is InChI=1S/C14H14FN3O2S/c15-11-4-1-2-6-14(11)21(19,20)18-9-3-5-13(18)12-7-8-16-10-17-12/h1-2,4,6-8,10,13H,3,5,9H2/t13-/m1/s1. The zero-order valence-electron chi connectivity index (χ0n) is 11.2. The molecule has 1 aliphatic rings. The molecule has 1 aromatic carbocycles. The van der Waals surface area contributed by atoms with E-state index in [1.807, 2.05) is 0 Å². The minimum Gasteiger partial charge on any atom is -0.245 e. The van der Waals surface area contributed by atoms with E-state index < -0.39 is 15.8 Å². The minimum absolute atomic E-state index is 0.286. The molecule has 1 atom stereocenters. The molecule has 1 saturated heterocycles. The van der Waals surface area contributed by atoms with Crippen LogP contribution in [0.25, 0.3) is 0 Å². The lowest BCUT2D eigenvalue weighted by Gasteiger charge is -2.23. The second-order valence-corrected chi connectivity index (χ2v) is 6.70. The highest BCUT2D eigenvalue weighted by Crippen LogP contribution is 2.35. The highest BCUT2D eigenvalue weighted by molar-refractivity contribution is 7.89. The lowest BCUT2D eigenvalue weighted by Crippen LogP contribution is -2.31. The van der Waals surface area contributed by atoms with Crippen LogP contribution in [-0.2, 0) is 10.0 Å². The van der Waals surface area contributed by atoms with Gasteiger partial charge in [0, 0.05) is 12.7 Å². The molecule has 0 bridgehead atoms. The summed E-state index contributed by atoms with van der Waals surface area (Å²) in [5.74, 6) is -0.731. The summed E-state index contributed by atoms with van der Waals surface area (Å²) in [6.07, 6.45) is 4.36. The Morgan fingerprint density at radius 1 is 1.24 bits per heavy atom. The van der Waals surface area contributed by atoms with Crippen molar-refractivity contribution in [2.45, 2.75) is 23.8 Å². The molecule has 1 fully saturated rings. The van der Waals surface area contributed by atoms with E-state index in [-0.39, 0.29) is 10.9 Å². The number of benzene rings is 1. The van der Waals surface area contributed by atoms with Crippen molar-refractivity contribution in [1.29, 1.82) is 0 Å². The van der Waals surface area contributed by atoms with Gasteiger partial charge in [0.1, 0.15) is 17.0 Å². The van der Waals surface area contributed by atoms with E-state index in [0.29, 0.717) is 18.7 Å². The van der Waals surface area contributed by atoms with Crippen LogP contribution in [0.3, 0.4) is 0 Å². The second-order valence-electron chi connectivity index (χ2n) is 4.84. The molecule has 7 heteroatoms. The smallest absolute Gasteiger partial charge is 0.245 e. The van der Waals surface area contributed by atoms with Crippen molar-refractivity contribution in [3.8, 4) is 0 Å². The van der Waals surface area contributed by atoms with Crippen LogP contribution in [0.4, 0.5) is 4.39 Å². The van der Waals surface area contributed by atoms with Gasteiger partial charge >= 0.3 is 0 Å². The lowest BCUT2D eigenvalue weighted by atomic mass is 10.1. The number of rotatable bonds is 3. The summed E-state index contributed by atoms with van der Waals surface area (Å²) in [7, 11) is -3.87. The van der Waals surface area contributed by atoms with E-state index >= 15 is 0 Å². The van der Waals surface area contributed by atoms with E-state index in [4.69, 9.17) is 0 Å². The van der Waals surface area contributed by atoms with Crippen molar-refractivity contribution in [2.24, 2.45) is 0 Å². The third-order valence-corrected chi connectivity index (χ3v) is 5.51. The van der Waals surface area contributed by atoms with Crippen molar-refractivity contribution in [3.05, 3.63) is 54.4 Å². The Morgan fingerprint density at radius 2 is 2.05 bits per heavy atom. The molecule has 0 radical (unpaired) electrons. The molecule has 3 rings (SSSR count). The van der Waals surface area contributed by atoms with Crippen molar-refractivity contribution in [1.82, 2.24) is 14.3 Å². The monoisotopic (exact) mass is 307 g/mol. The molecule has 0 saturated carbocycles. The minimum atomic E-state index is -3.87. The van der Waals surface area contributed by atoms with Gasteiger partial charge in [-0.3, -0.25) is 0 Å². The van der Waals surface area contributed by atoms with Crippen LogP contribution in [0.15, 0.2) is 47.8 Å². The Kier molecular flexibility index (Phi) is 3.69. The molecule has 2 heterocycles. The number of aromatic nitrogens is 2. The molecule has 0 amide bonds. The third kappa shape index (κ3) is 2.54. The third-order valence-electron chi connectivity index (χ3n) is 3.57. The lowest BCUT2D eigenvalue weighted by molar-refractivity contribution is 0.387. The number of hydrogen-bond donors (Lipinski definition) is 0. The zero-order chi connectivity index (χ0) is 14.9. The summed E-state index contributed by atoms with van der Waals surface area (Å²) in [4.78, 5) is 7.68. The summed E-state index contributed by atoms with van der Waals surface area (Å²) in [5.41, 5.74) is 0.641. The van der Waals surface area contributed by atoms with Crippen molar-refractivity contribution in [3.63, 3.8) is 0 Å². The SMILES string of the molecule is O=S(=O)(c1ccccc1F)N1CCC[C@@H]1c1ccncn1. The van der Waals surface area contributed by atoms with Crippen molar-refractivity contribution in [2.75, 3.05) is 6.54 Å². The van der Waals surface area contributed by atoms with E-state index in [0.717, 1.165) is 12.5 Å². The summed E-state index contributed by atoms with van der Waals surface area (Å²) in [6.45, 7) is 0.366. The van der Waals surface area contributed by atoms with Gasteiger partial charge < -0.3 is 0 Å². The van der Waals surface area contributed by atoms with Crippen LogP contribution >= 0.6 is 0 Å². The molecule has 0 N–H and O–H groups in total. The number of halogens is 1. The van der Waals surface area contributed by atoms with E-state index in [9.17, 15) is 12.8 Å². The number of hydrogen-bond acceptors (Lipinski definition) is 4. The molecule has 21 heavy (non-hydrogen) atoms. The Morgan fingerprint density at radius 3 is 2.76 bits per heavy atom. The summed E-state index contributed by atoms with van der Waals surface area (Å²) >= 11 is 0. The van der Waals surface area contributed by atoms with Crippen LogP contribution < -0.4 is 0 Å². The van der Waals surface area contributed by atoms with Gasteiger partial charge in [-0.05, 0) is 31.0 Å². The number of sulfonamides is 1. The molecule has 0 unspecified atom stereocenters. The Labute approximate surface area is 122 Å². The predicted molar refractivity (Wildman–Crippen MR) is 74.3 cm³/mol. The predicted octanol–water partition coefficient (Wildman–Crippen LogP) is 2.14. The first-order chi connectivity index (χ1) is 10.1. The Balaban J connectivity index is 2.01. The molecular formula is C14H14FN3O2S. The van der Waals surface area contributed by atoms with Gasteiger partial charge in [0.2, 0.25) is 10.0 Å². The van der Waals surface area contributed by atoms with Crippen LogP contribution in [0.2, 0.25) is 0 Å². The summed E-state index contributed by atoms with van der Waals surface area (Å²) in [6, 6.07) is 6.77. The second kappa shape index (κ2) is 5.50. The average Bonchev–Trinajstić information content (AvgIpc) is 2.99. The van der Waals surface area contributed by atoms with Gasteiger partial charge in [0.05, 0.1) is 11.7 Å². The molecule has 1 aliphatic heterocycles. The fourth-order valence-electron chi connectivity index (χ4n) is 2.60. The van der Waals surface area contributed by atoms with Crippen LogP contribution in [-0.4, -0.2) is 29.2 Å². The highest BCUT2D eigenvalue weighted by atomic mass is 32.2. The summed E-state index contributed by atoms with van der Waals surface area (Å²) < 4.78 is 40.5. The van der Waals surface area contributed by atoms with Gasteiger partial charge in [-0.15, -0.1) is 0 Å². The first kappa shape index (κ1) is 14.1. The molecule has 5 nitrogen and oxygen atoms in total. The average molecular weight is 307 g/mol. The highest BCUT2D eigenvalue weighted by Gasteiger charge is 2.38.